The molecule has 0 atom stereocenters. The maximum Gasteiger partial charge on any atom is 0.247 e. The number of benzene rings is 1. The molecule has 0 spiro atoms. The van der Waals surface area contributed by atoms with E-state index >= 15 is 0 Å². The Bertz CT molecular complexity index is 813. The zero-order valence-corrected chi connectivity index (χ0v) is 9.32. The van der Waals surface area contributed by atoms with E-state index in [1.807, 2.05) is 41.1 Å². The van der Waals surface area contributed by atoms with Crippen LogP contribution in [0.4, 0.5) is 0 Å². The molecular weight excluding hydrogens is 228 g/mol. The van der Waals surface area contributed by atoms with Crippen LogP contribution in [0, 0.1) is 0 Å². The van der Waals surface area contributed by atoms with Crippen LogP contribution in [-0.2, 0) is 0 Å². The van der Waals surface area contributed by atoms with Gasteiger partial charge >= 0.3 is 0 Å². The summed E-state index contributed by atoms with van der Waals surface area (Å²) in [5.74, 6) is 0.520. The molecule has 0 bridgehead atoms. The van der Waals surface area contributed by atoms with Crippen molar-refractivity contribution in [3.63, 3.8) is 0 Å². The summed E-state index contributed by atoms with van der Waals surface area (Å²) in [5, 5.41) is 0. The van der Waals surface area contributed by atoms with Gasteiger partial charge in [-0.25, -0.2) is 15.0 Å². The van der Waals surface area contributed by atoms with Gasteiger partial charge in [0.15, 0.2) is 11.2 Å². The normalized spacial score (nSPS) is 11.3. The first-order valence-corrected chi connectivity index (χ1v) is 5.55. The molecule has 18 heavy (non-hydrogen) atoms. The number of rotatable bonds is 1. The number of hydrogen-bond acceptors (Lipinski definition) is 4. The highest BCUT2D eigenvalue weighted by Crippen LogP contribution is 2.22. The van der Waals surface area contributed by atoms with Gasteiger partial charge < -0.3 is 8.82 Å². The monoisotopic (exact) mass is 236 g/mol. The van der Waals surface area contributed by atoms with Gasteiger partial charge in [-0.15, -0.1) is 0 Å². The Kier molecular flexibility index (Phi) is 1.77. The molecule has 5 heteroatoms. The standard InChI is InChI=1S/C13H8N4O/c1-2-4-11-9(3-1)16-13(18-11)10-8-17-6-5-14-12(17)7-15-10/h1-8H. The van der Waals surface area contributed by atoms with Crippen LogP contribution < -0.4 is 0 Å². The smallest absolute Gasteiger partial charge is 0.247 e. The highest BCUT2D eigenvalue weighted by atomic mass is 16.3. The second-order valence-corrected chi connectivity index (χ2v) is 3.95. The van der Waals surface area contributed by atoms with Crippen LogP contribution >= 0.6 is 0 Å². The lowest BCUT2D eigenvalue weighted by Crippen LogP contribution is -1.89. The van der Waals surface area contributed by atoms with Crippen molar-refractivity contribution in [2.75, 3.05) is 0 Å². The molecule has 0 saturated heterocycles. The lowest BCUT2D eigenvalue weighted by atomic mass is 10.3. The lowest BCUT2D eigenvalue weighted by molar-refractivity contribution is 0.616. The zero-order chi connectivity index (χ0) is 11.9. The Morgan fingerprint density at radius 3 is 3.00 bits per heavy atom. The zero-order valence-electron chi connectivity index (χ0n) is 9.32. The summed E-state index contributed by atoms with van der Waals surface area (Å²) in [6.45, 7) is 0. The van der Waals surface area contributed by atoms with E-state index in [9.17, 15) is 0 Å². The Morgan fingerprint density at radius 1 is 1.11 bits per heavy atom. The minimum absolute atomic E-state index is 0.520. The molecule has 0 aliphatic heterocycles. The summed E-state index contributed by atoms with van der Waals surface area (Å²) in [7, 11) is 0. The molecule has 0 saturated carbocycles. The first-order chi connectivity index (χ1) is 8.90. The van der Waals surface area contributed by atoms with Crippen molar-refractivity contribution in [2.24, 2.45) is 0 Å². The number of fused-ring (bicyclic) bond motifs is 2. The van der Waals surface area contributed by atoms with E-state index in [2.05, 4.69) is 15.0 Å². The summed E-state index contributed by atoms with van der Waals surface area (Å²) >= 11 is 0. The fourth-order valence-electron chi connectivity index (χ4n) is 1.92. The second-order valence-electron chi connectivity index (χ2n) is 3.95. The molecule has 0 N–H and O–H groups in total. The SMILES string of the molecule is c1ccc2oc(-c3cn4ccnc4cn3)nc2c1. The topological polar surface area (TPSA) is 56.2 Å². The molecular formula is C13H8N4O. The summed E-state index contributed by atoms with van der Waals surface area (Å²) in [6, 6.07) is 7.66. The number of imidazole rings is 1. The van der Waals surface area contributed by atoms with Gasteiger partial charge in [0.25, 0.3) is 0 Å². The van der Waals surface area contributed by atoms with Gasteiger partial charge in [-0.2, -0.15) is 0 Å². The Labute approximate surface area is 102 Å². The maximum absolute atomic E-state index is 5.67. The third-order valence-electron chi connectivity index (χ3n) is 2.79. The average molecular weight is 236 g/mol. The number of hydrogen-bond donors (Lipinski definition) is 0. The van der Waals surface area contributed by atoms with E-state index in [0.717, 1.165) is 16.7 Å². The predicted molar refractivity (Wildman–Crippen MR) is 66.0 cm³/mol. The molecule has 3 aromatic heterocycles. The molecule has 4 rings (SSSR count). The lowest BCUT2D eigenvalue weighted by Gasteiger charge is -1.95. The van der Waals surface area contributed by atoms with E-state index in [1.165, 1.54) is 0 Å². The quantitative estimate of drug-likeness (QED) is 0.509. The number of aromatic nitrogens is 4. The van der Waals surface area contributed by atoms with Crippen molar-refractivity contribution >= 4 is 16.7 Å². The summed E-state index contributed by atoms with van der Waals surface area (Å²) in [5.41, 5.74) is 3.09. The number of nitrogens with zero attached hydrogens (tertiary/aromatic N) is 4. The van der Waals surface area contributed by atoms with E-state index in [4.69, 9.17) is 4.42 Å². The van der Waals surface area contributed by atoms with Crippen LogP contribution in [0.5, 0.6) is 0 Å². The highest BCUT2D eigenvalue weighted by Gasteiger charge is 2.09. The van der Waals surface area contributed by atoms with Gasteiger partial charge in [0.05, 0.1) is 6.20 Å². The third-order valence-corrected chi connectivity index (χ3v) is 2.79. The molecule has 86 valence electrons. The van der Waals surface area contributed by atoms with Crippen LogP contribution in [0.1, 0.15) is 0 Å². The summed E-state index contributed by atoms with van der Waals surface area (Å²) < 4.78 is 7.56. The van der Waals surface area contributed by atoms with Crippen molar-refractivity contribution in [3.8, 4) is 11.6 Å². The van der Waals surface area contributed by atoms with Gasteiger partial charge in [0, 0.05) is 18.6 Å². The Balaban J connectivity index is 1.94. The molecule has 0 radical (unpaired) electrons. The van der Waals surface area contributed by atoms with Crippen molar-refractivity contribution in [1.29, 1.82) is 0 Å². The van der Waals surface area contributed by atoms with Crippen molar-refractivity contribution < 1.29 is 4.42 Å². The molecule has 5 nitrogen and oxygen atoms in total. The summed E-state index contributed by atoms with van der Waals surface area (Å²) in [4.78, 5) is 12.9. The molecule has 0 aliphatic carbocycles. The van der Waals surface area contributed by atoms with Crippen LogP contribution in [-0.4, -0.2) is 19.4 Å². The van der Waals surface area contributed by atoms with Crippen LogP contribution in [0.15, 0.2) is 53.5 Å². The number of para-hydroxylation sites is 2. The van der Waals surface area contributed by atoms with E-state index in [1.54, 1.807) is 12.4 Å². The predicted octanol–water partition coefficient (Wildman–Crippen LogP) is 2.54. The van der Waals surface area contributed by atoms with E-state index in [-0.39, 0.29) is 0 Å². The largest absolute Gasteiger partial charge is 0.435 e. The number of oxazole rings is 1. The van der Waals surface area contributed by atoms with Crippen molar-refractivity contribution in [2.45, 2.75) is 0 Å². The molecule has 0 unspecified atom stereocenters. The van der Waals surface area contributed by atoms with Crippen molar-refractivity contribution in [1.82, 2.24) is 19.4 Å². The molecule has 3 heterocycles. The fourth-order valence-corrected chi connectivity index (χ4v) is 1.92. The summed E-state index contributed by atoms with van der Waals surface area (Å²) in [6.07, 6.45) is 7.15. The minimum Gasteiger partial charge on any atom is -0.435 e. The van der Waals surface area contributed by atoms with Gasteiger partial charge in [0.1, 0.15) is 11.2 Å². The van der Waals surface area contributed by atoms with Crippen LogP contribution in [0.2, 0.25) is 0 Å². The maximum atomic E-state index is 5.67. The first kappa shape index (κ1) is 9.35. The van der Waals surface area contributed by atoms with Crippen molar-refractivity contribution in [3.05, 3.63) is 49.1 Å². The minimum atomic E-state index is 0.520. The fraction of sp³-hybridized carbons (Fsp3) is 0. The molecule has 0 fully saturated rings. The molecule has 0 amide bonds. The molecule has 0 aliphatic rings. The Morgan fingerprint density at radius 2 is 2.06 bits per heavy atom. The van der Waals surface area contributed by atoms with Crippen LogP contribution in [0.3, 0.4) is 0 Å². The highest BCUT2D eigenvalue weighted by molar-refractivity contribution is 5.75. The first-order valence-electron chi connectivity index (χ1n) is 5.55. The van der Waals surface area contributed by atoms with Gasteiger partial charge in [0.2, 0.25) is 5.89 Å². The van der Waals surface area contributed by atoms with E-state index in [0.29, 0.717) is 11.6 Å². The van der Waals surface area contributed by atoms with Gasteiger partial charge in [-0.1, -0.05) is 12.1 Å². The van der Waals surface area contributed by atoms with Crippen LogP contribution in [0.25, 0.3) is 28.3 Å². The Hall–Kier alpha value is -2.69. The molecule has 4 aromatic rings. The second kappa shape index (κ2) is 3.40. The molecule has 1 aromatic carbocycles. The van der Waals surface area contributed by atoms with E-state index < -0.39 is 0 Å². The third kappa shape index (κ3) is 1.31. The van der Waals surface area contributed by atoms with Gasteiger partial charge in [-0.05, 0) is 12.1 Å². The average Bonchev–Trinajstić information content (AvgIpc) is 3.04. The van der Waals surface area contributed by atoms with Gasteiger partial charge in [-0.3, -0.25) is 0 Å².